The summed E-state index contributed by atoms with van der Waals surface area (Å²) < 4.78 is 5.75. The van der Waals surface area contributed by atoms with Gasteiger partial charge in [0.1, 0.15) is 11.2 Å². The third kappa shape index (κ3) is 2.33. The fourth-order valence-corrected chi connectivity index (χ4v) is 1.78. The van der Waals surface area contributed by atoms with E-state index in [-0.39, 0.29) is 5.43 Å². The summed E-state index contributed by atoms with van der Waals surface area (Å²) in [6.07, 6.45) is 5.05. The van der Waals surface area contributed by atoms with Crippen molar-refractivity contribution in [1.29, 1.82) is 0 Å². The van der Waals surface area contributed by atoms with Gasteiger partial charge in [0.25, 0.3) is 0 Å². The van der Waals surface area contributed by atoms with Gasteiger partial charge in [-0.05, 0) is 13.0 Å². The first-order valence-electron chi connectivity index (χ1n) is 5.75. The van der Waals surface area contributed by atoms with Gasteiger partial charge in [0.05, 0.1) is 5.22 Å². The van der Waals surface area contributed by atoms with Crippen LogP contribution in [0.4, 0.5) is 0 Å². The fraction of sp³-hybridized carbons (Fsp3) is 0.0625. The lowest BCUT2D eigenvalue weighted by Gasteiger charge is -2.00. The molecule has 0 aliphatic carbocycles. The maximum atomic E-state index is 12.0. The van der Waals surface area contributed by atoms with Crippen LogP contribution in [0, 0.1) is 0 Å². The minimum absolute atomic E-state index is 0.0456. The molecule has 2 rings (SSSR count). The van der Waals surface area contributed by atoms with E-state index in [0.717, 1.165) is 5.56 Å². The first-order valence-corrected chi connectivity index (χ1v) is 5.75. The molecule has 0 N–H and O–H groups in total. The zero-order chi connectivity index (χ0) is 13.0. The number of hydrogen-bond acceptors (Lipinski definition) is 2. The van der Waals surface area contributed by atoms with E-state index in [1.165, 1.54) is 6.07 Å². The summed E-state index contributed by atoms with van der Waals surface area (Å²) in [5, 5.41) is 0.564. The second-order valence-corrected chi connectivity index (χ2v) is 3.81. The molecule has 18 heavy (non-hydrogen) atoms. The third-order valence-corrected chi connectivity index (χ3v) is 2.63. The highest BCUT2D eigenvalue weighted by Crippen LogP contribution is 2.14. The molecule has 0 spiro atoms. The highest BCUT2D eigenvalue weighted by Gasteiger charge is 2.02. The summed E-state index contributed by atoms with van der Waals surface area (Å²) in [6.45, 7) is 5.45. The highest BCUT2D eigenvalue weighted by molar-refractivity contribution is 5.56. The lowest BCUT2D eigenvalue weighted by atomic mass is 10.1. The predicted molar refractivity (Wildman–Crippen MR) is 74.5 cm³/mol. The van der Waals surface area contributed by atoms with Crippen LogP contribution in [-0.4, -0.2) is 0 Å². The maximum absolute atomic E-state index is 12.0. The molecule has 1 heterocycles. The second kappa shape index (κ2) is 5.32. The van der Waals surface area contributed by atoms with E-state index in [9.17, 15) is 4.79 Å². The molecular formula is C16H14O2. The van der Waals surface area contributed by atoms with Crippen molar-refractivity contribution in [2.24, 2.45) is 0 Å². The topological polar surface area (TPSA) is 30.2 Å². The largest absolute Gasteiger partial charge is 0.456 e. The third-order valence-electron chi connectivity index (χ3n) is 2.63. The van der Waals surface area contributed by atoms with Gasteiger partial charge in [-0.25, -0.2) is 0 Å². The Balaban J connectivity index is 2.79. The number of allylic oxidation sites excluding steroid dienone is 1. The molecule has 0 saturated carbocycles. The van der Waals surface area contributed by atoms with Crippen molar-refractivity contribution in [1.82, 2.24) is 0 Å². The Hall–Kier alpha value is -2.35. The van der Waals surface area contributed by atoms with Crippen LogP contribution in [0.15, 0.2) is 58.3 Å². The minimum atomic E-state index is -0.0456. The Kier molecular flexibility index (Phi) is 3.58. The molecule has 90 valence electrons. The van der Waals surface area contributed by atoms with Crippen LogP contribution in [0.1, 0.15) is 6.92 Å². The monoisotopic (exact) mass is 238 g/mol. The zero-order valence-corrected chi connectivity index (χ0v) is 10.2. The Morgan fingerprint density at radius 1 is 1.22 bits per heavy atom. The summed E-state index contributed by atoms with van der Waals surface area (Å²) in [5.74, 6) is 0.569. The molecule has 2 nitrogen and oxygen atoms in total. The van der Waals surface area contributed by atoms with E-state index < -0.39 is 0 Å². The van der Waals surface area contributed by atoms with Crippen LogP contribution < -0.4 is 16.1 Å². The molecule has 2 aromatic rings. The maximum Gasteiger partial charge on any atom is 0.192 e. The van der Waals surface area contributed by atoms with Crippen molar-refractivity contribution in [3.8, 4) is 11.3 Å². The smallest absolute Gasteiger partial charge is 0.192 e. The Bertz CT molecular complexity index is 722. The van der Waals surface area contributed by atoms with Crippen molar-refractivity contribution in [2.45, 2.75) is 6.92 Å². The molecule has 0 radical (unpaired) electrons. The van der Waals surface area contributed by atoms with Crippen molar-refractivity contribution < 1.29 is 4.42 Å². The fourth-order valence-electron chi connectivity index (χ4n) is 1.78. The van der Waals surface area contributed by atoms with E-state index in [2.05, 4.69) is 6.58 Å². The predicted octanol–water partition coefficient (Wildman–Crippen LogP) is 2.07. The number of benzene rings is 1. The van der Waals surface area contributed by atoms with Crippen molar-refractivity contribution >= 4 is 12.2 Å². The normalized spacial score (nSPS) is 12.7. The van der Waals surface area contributed by atoms with Crippen LogP contribution in [0.2, 0.25) is 0 Å². The van der Waals surface area contributed by atoms with E-state index in [0.29, 0.717) is 16.4 Å². The molecule has 0 atom stereocenters. The molecular weight excluding hydrogens is 224 g/mol. The molecule has 0 unspecified atom stereocenters. The molecule has 1 aromatic carbocycles. The number of hydrogen-bond donors (Lipinski definition) is 0. The molecule has 0 aliphatic rings. The van der Waals surface area contributed by atoms with Crippen molar-refractivity contribution in [2.75, 3.05) is 0 Å². The van der Waals surface area contributed by atoms with Gasteiger partial charge in [0.2, 0.25) is 0 Å². The van der Waals surface area contributed by atoms with Crippen LogP contribution in [0.3, 0.4) is 0 Å². The lowest BCUT2D eigenvalue weighted by Crippen LogP contribution is -2.38. The van der Waals surface area contributed by atoms with Crippen LogP contribution in [-0.2, 0) is 0 Å². The van der Waals surface area contributed by atoms with Gasteiger partial charge in [-0.15, -0.1) is 0 Å². The first-order chi connectivity index (χ1) is 8.76. The van der Waals surface area contributed by atoms with E-state index in [1.807, 2.05) is 37.3 Å². The van der Waals surface area contributed by atoms with Crippen LogP contribution >= 0.6 is 0 Å². The molecule has 0 fully saturated rings. The summed E-state index contributed by atoms with van der Waals surface area (Å²) in [5.41, 5.74) is 1.38. The standard InChI is InChI=1S/C16H14O2/c1-3-8-15-13(4-2)14(17)11-16(18-15)12-9-6-5-7-10-12/h3-11H,1H2,2H3/b13-4-,15-8+. The van der Waals surface area contributed by atoms with Gasteiger partial charge in [-0.1, -0.05) is 49.1 Å². The Morgan fingerprint density at radius 3 is 2.56 bits per heavy atom. The second-order valence-electron chi connectivity index (χ2n) is 3.81. The Labute approximate surface area is 105 Å². The molecule has 0 amide bonds. The van der Waals surface area contributed by atoms with Gasteiger partial charge < -0.3 is 4.42 Å². The molecule has 0 aliphatic heterocycles. The van der Waals surface area contributed by atoms with E-state index >= 15 is 0 Å². The number of rotatable bonds is 2. The zero-order valence-electron chi connectivity index (χ0n) is 10.2. The quantitative estimate of drug-likeness (QED) is 0.801. The van der Waals surface area contributed by atoms with Crippen molar-refractivity contribution in [3.63, 3.8) is 0 Å². The van der Waals surface area contributed by atoms with E-state index in [1.54, 1.807) is 18.2 Å². The van der Waals surface area contributed by atoms with Gasteiger partial charge in [-0.3, -0.25) is 4.79 Å². The molecule has 0 saturated heterocycles. The minimum Gasteiger partial charge on any atom is -0.456 e. The molecule has 0 bridgehead atoms. The van der Waals surface area contributed by atoms with Gasteiger partial charge >= 0.3 is 0 Å². The first kappa shape index (κ1) is 12.1. The Morgan fingerprint density at radius 2 is 1.94 bits per heavy atom. The summed E-state index contributed by atoms with van der Waals surface area (Å²) >= 11 is 0. The SMILES string of the molecule is C=C/C=c1/oc(-c2ccccc2)cc(=O)/c1=C/C. The van der Waals surface area contributed by atoms with Gasteiger partial charge in [0.15, 0.2) is 5.43 Å². The summed E-state index contributed by atoms with van der Waals surface area (Å²) in [4.78, 5) is 12.0. The van der Waals surface area contributed by atoms with E-state index in [4.69, 9.17) is 4.42 Å². The van der Waals surface area contributed by atoms with Gasteiger partial charge in [-0.2, -0.15) is 0 Å². The average molecular weight is 238 g/mol. The summed E-state index contributed by atoms with van der Waals surface area (Å²) in [6, 6.07) is 11.1. The highest BCUT2D eigenvalue weighted by atomic mass is 16.3. The lowest BCUT2D eigenvalue weighted by molar-refractivity contribution is 0.523. The molecule has 1 aromatic heterocycles. The van der Waals surface area contributed by atoms with Gasteiger partial charge in [0, 0.05) is 11.6 Å². The average Bonchev–Trinajstić information content (AvgIpc) is 2.40. The van der Waals surface area contributed by atoms with Crippen LogP contribution in [0.5, 0.6) is 0 Å². The van der Waals surface area contributed by atoms with Crippen LogP contribution in [0.25, 0.3) is 23.5 Å². The molecule has 2 heteroatoms. The summed E-state index contributed by atoms with van der Waals surface area (Å²) in [7, 11) is 0. The van der Waals surface area contributed by atoms with Crippen molar-refractivity contribution in [3.05, 3.63) is 69.9 Å².